The van der Waals surface area contributed by atoms with Crippen LogP contribution in [0.2, 0.25) is 0 Å². The van der Waals surface area contributed by atoms with Crippen molar-refractivity contribution in [2.75, 3.05) is 5.32 Å². The number of hydrogen-bond acceptors (Lipinski definition) is 1. The van der Waals surface area contributed by atoms with Gasteiger partial charge in [0, 0.05) is 12.6 Å². The lowest BCUT2D eigenvalue weighted by Gasteiger charge is -2.04. The number of para-hydroxylation sites is 1. The molecule has 0 saturated heterocycles. The molecule has 0 bridgehead atoms. The first kappa shape index (κ1) is 9.99. The van der Waals surface area contributed by atoms with Gasteiger partial charge in [-0.3, -0.25) is 4.79 Å². The quantitative estimate of drug-likeness (QED) is 0.845. The third kappa shape index (κ3) is 3.03. The topological polar surface area (TPSA) is 29.1 Å². The molecule has 0 aliphatic heterocycles. The van der Waals surface area contributed by atoms with Crippen molar-refractivity contribution in [3.8, 4) is 0 Å². The van der Waals surface area contributed by atoms with E-state index in [1.807, 2.05) is 30.3 Å². The zero-order chi connectivity index (χ0) is 9.68. The van der Waals surface area contributed by atoms with E-state index in [0.717, 1.165) is 11.3 Å². The number of carbonyl (C=O) groups excluding carboxylic acids is 1. The van der Waals surface area contributed by atoms with E-state index in [1.54, 1.807) is 4.99 Å². The second-order valence-corrected chi connectivity index (χ2v) is 3.09. The molecular weight excluding hydrogens is 230 g/mol. The van der Waals surface area contributed by atoms with Crippen LogP contribution in [-0.4, -0.2) is 5.91 Å². The molecule has 1 rings (SSSR count). The lowest BCUT2D eigenvalue weighted by atomic mass is 10.2. The molecule has 0 aliphatic rings. The highest BCUT2D eigenvalue weighted by molar-refractivity contribution is 9.11. The fourth-order valence-corrected chi connectivity index (χ4v) is 1.30. The van der Waals surface area contributed by atoms with Crippen molar-refractivity contribution >= 4 is 33.6 Å². The Morgan fingerprint density at radius 2 is 2.15 bits per heavy atom. The van der Waals surface area contributed by atoms with E-state index in [1.165, 1.54) is 6.92 Å². The SMILES string of the molecule is CC(=O)Nc1ccccc1C=CBr. The number of benzene rings is 1. The first-order valence-electron chi connectivity index (χ1n) is 3.87. The van der Waals surface area contributed by atoms with Crippen molar-refractivity contribution < 1.29 is 4.79 Å². The van der Waals surface area contributed by atoms with Crippen LogP contribution >= 0.6 is 15.9 Å². The molecule has 1 amide bonds. The number of rotatable bonds is 2. The fourth-order valence-electron chi connectivity index (χ4n) is 1.01. The maximum Gasteiger partial charge on any atom is 0.221 e. The third-order valence-corrected chi connectivity index (χ3v) is 1.78. The monoisotopic (exact) mass is 239 g/mol. The maximum absolute atomic E-state index is 10.8. The average molecular weight is 240 g/mol. The van der Waals surface area contributed by atoms with Crippen molar-refractivity contribution in [2.24, 2.45) is 0 Å². The predicted molar refractivity (Wildman–Crippen MR) is 58.7 cm³/mol. The van der Waals surface area contributed by atoms with Gasteiger partial charge in [-0.25, -0.2) is 0 Å². The van der Waals surface area contributed by atoms with Crippen LogP contribution < -0.4 is 5.32 Å². The van der Waals surface area contributed by atoms with Crippen LogP contribution in [-0.2, 0) is 4.79 Å². The summed E-state index contributed by atoms with van der Waals surface area (Å²) in [6, 6.07) is 7.61. The van der Waals surface area contributed by atoms with Gasteiger partial charge in [0.25, 0.3) is 0 Å². The first-order chi connectivity index (χ1) is 6.24. The number of halogens is 1. The van der Waals surface area contributed by atoms with Gasteiger partial charge in [0.15, 0.2) is 0 Å². The summed E-state index contributed by atoms with van der Waals surface area (Å²) in [4.78, 5) is 12.6. The minimum Gasteiger partial charge on any atom is -0.326 e. The molecule has 0 heterocycles. The number of anilines is 1. The molecule has 3 heteroatoms. The Kier molecular flexibility index (Phi) is 3.71. The van der Waals surface area contributed by atoms with Gasteiger partial charge in [-0.1, -0.05) is 34.1 Å². The highest BCUT2D eigenvalue weighted by Crippen LogP contribution is 2.16. The van der Waals surface area contributed by atoms with Gasteiger partial charge in [0.2, 0.25) is 5.91 Å². The number of carbonyl (C=O) groups is 1. The van der Waals surface area contributed by atoms with E-state index in [9.17, 15) is 4.79 Å². The van der Waals surface area contributed by atoms with Gasteiger partial charge in [-0.15, -0.1) is 0 Å². The molecule has 2 nitrogen and oxygen atoms in total. The second kappa shape index (κ2) is 4.82. The Balaban J connectivity index is 2.97. The molecule has 0 spiro atoms. The highest BCUT2D eigenvalue weighted by Gasteiger charge is 1.98. The third-order valence-electron chi connectivity index (χ3n) is 1.51. The van der Waals surface area contributed by atoms with E-state index in [-0.39, 0.29) is 5.91 Å². The molecule has 1 aromatic rings. The minimum atomic E-state index is -0.0598. The van der Waals surface area contributed by atoms with Gasteiger partial charge in [-0.05, 0) is 22.7 Å². The molecular formula is C10H10BrNO. The molecule has 1 aromatic carbocycles. The van der Waals surface area contributed by atoms with Crippen molar-refractivity contribution in [2.45, 2.75) is 6.92 Å². The number of nitrogens with one attached hydrogen (secondary N) is 1. The molecule has 0 atom stereocenters. The number of amides is 1. The average Bonchev–Trinajstić information content (AvgIpc) is 2.08. The Labute approximate surface area is 85.8 Å². The largest absolute Gasteiger partial charge is 0.326 e. The van der Waals surface area contributed by atoms with E-state index in [4.69, 9.17) is 0 Å². The maximum atomic E-state index is 10.8. The van der Waals surface area contributed by atoms with Crippen LogP contribution in [0.15, 0.2) is 29.3 Å². The van der Waals surface area contributed by atoms with Gasteiger partial charge in [0.05, 0.1) is 0 Å². The molecule has 0 aliphatic carbocycles. The summed E-state index contributed by atoms with van der Waals surface area (Å²) in [5.41, 5.74) is 1.81. The Morgan fingerprint density at radius 1 is 1.46 bits per heavy atom. The van der Waals surface area contributed by atoms with Crippen LogP contribution in [0.4, 0.5) is 5.69 Å². The lowest BCUT2D eigenvalue weighted by molar-refractivity contribution is -0.114. The van der Waals surface area contributed by atoms with Crippen molar-refractivity contribution in [3.05, 3.63) is 34.8 Å². The Bertz CT molecular complexity index is 333. The van der Waals surface area contributed by atoms with Crippen molar-refractivity contribution in [3.63, 3.8) is 0 Å². The zero-order valence-electron chi connectivity index (χ0n) is 7.25. The summed E-state index contributed by atoms with van der Waals surface area (Å²) >= 11 is 3.19. The summed E-state index contributed by atoms with van der Waals surface area (Å²) in [5.74, 6) is -0.0598. The smallest absolute Gasteiger partial charge is 0.221 e. The molecule has 0 saturated carbocycles. The van der Waals surface area contributed by atoms with Gasteiger partial charge in [0.1, 0.15) is 0 Å². The van der Waals surface area contributed by atoms with Gasteiger partial charge in [-0.2, -0.15) is 0 Å². The highest BCUT2D eigenvalue weighted by atomic mass is 79.9. The summed E-state index contributed by atoms with van der Waals surface area (Å²) in [6.07, 6.45) is 1.88. The van der Waals surface area contributed by atoms with Crippen LogP contribution in [0, 0.1) is 0 Å². The second-order valence-electron chi connectivity index (χ2n) is 2.56. The summed E-state index contributed by atoms with van der Waals surface area (Å²) in [5, 5.41) is 2.75. The first-order valence-corrected chi connectivity index (χ1v) is 4.79. The van der Waals surface area contributed by atoms with Crippen LogP contribution in [0.3, 0.4) is 0 Å². The van der Waals surface area contributed by atoms with Crippen LogP contribution in [0.1, 0.15) is 12.5 Å². The van der Waals surface area contributed by atoms with Crippen LogP contribution in [0.25, 0.3) is 6.08 Å². The van der Waals surface area contributed by atoms with Gasteiger partial charge >= 0.3 is 0 Å². The minimum absolute atomic E-state index is 0.0598. The summed E-state index contributed by atoms with van der Waals surface area (Å²) in [6.45, 7) is 1.49. The Morgan fingerprint density at radius 3 is 2.77 bits per heavy atom. The molecule has 0 aromatic heterocycles. The van der Waals surface area contributed by atoms with E-state index >= 15 is 0 Å². The van der Waals surface area contributed by atoms with E-state index < -0.39 is 0 Å². The molecule has 0 fully saturated rings. The van der Waals surface area contributed by atoms with Gasteiger partial charge < -0.3 is 5.32 Å². The predicted octanol–water partition coefficient (Wildman–Crippen LogP) is 3.01. The van der Waals surface area contributed by atoms with Crippen LogP contribution in [0.5, 0.6) is 0 Å². The molecule has 1 N–H and O–H groups in total. The van der Waals surface area contributed by atoms with Crippen molar-refractivity contribution in [1.82, 2.24) is 0 Å². The molecule has 0 radical (unpaired) electrons. The normalized spacial score (nSPS) is 10.3. The summed E-state index contributed by atoms with van der Waals surface area (Å²) in [7, 11) is 0. The zero-order valence-corrected chi connectivity index (χ0v) is 8.84. The lowest BCUT2D eigenvalue weighted by Crippen LogP contribution is -2.06. The molecule has 0 unspecified atom stereocenters. The fraction of sp³-hybridized carbons (Fsp3) is 0.100. The standard InChI is InChI=1S/C10H10BrNO/c1-8(13)12-10-5-3-2-4-9(10)6-7-11/h2-7H,1H3,(H,12,13). The molecule has 68 valence electrons. The van der Waals surface area contributed by atoms with E-state index in [2.05, 4.69) is 21.2 Å². The van der Waals surface area contributed by atoms with E-state index in [0.29, 0.717) is 0 Å². The van der Waals surface area contributed by atoms with Crippen molar-refractivity contribution in [1.29, 1.82) is 0 Å². The number of hydrogen-bond donors (Lipinski definition) is 1. The molecule has 13 heavy (non-hydrogen) atoms. The Hall–Kier alpha value is -1.09. The summed E-state index contributed by atoms with van der Waals surface area (Å²) < 4.78 is 0.